The summed E-state index contributed by atoms with van der Waals surface area (Å²) >= 11 is 38.4. The number of esters is 2. The Labute approximate surface area is 342 Å². The Bertz CT molecular complexity index is 2010. The summed E-state index contributed by atoms with van der Waals surface area (Å²) in [5.41, 5.74) is 3.90. The molecule has 2 fully saturated rings. The van der Waals surface area contributed by atoms with Crippen LogP contribution in [0.5, 0.6) is 11.5 Å². The minimum atomic E-state index is -0.983. The Morgan fingerprint density at radius 2 is 1.04 bits per heavy atom. The van der Waals surface area contributed by atoms with E-state index in [0.29, 0.717) is 27.7 Å². The molecule has 4 aromatic rings. The van der Waals surface area contributed by atoms with E-state index in [4.69, 9.17) is 83.8 Å². The average molecular weight is 854 g/mol. The minimum absolute atomic E-state index is 0.0685. The number of hydrogen-bond donors (Lipinski definition) is 3. The number of halogens is 6. The lowest BCUT2D eigenvalue weighted by Crippen LogP contribution is -2.32. The molecule has 0 radical (unpaired) electrons. The fourth-order valence-electron chi connectivity index (χ4n) is 5.82. The zero-order chi connectivity index (χ0) is 38.4. The molecular formula is C39H35Cl6N3O6. The highest BCUT2D eigenvalue weighted by molar-refractivity contribution is 6.38. The van der Waals surface area contributed by atoms with E-state index in [1.165, 1.54) is 37.1 Å². The summed E-state index contributed by atoms with van der Waals surface area (Å²) in [6.07, 6.45) is 6.58. The van der Waals surface area contributed by atoms with Gasteiger partial charge in [0.15, 0.2) is 11.5 Å². The monoisotopic (exact) mass is 851 g/mol. The summed E-state index contributed by atoms with van der Waals surface area (Å²) < 4.78 is 16.7. The molecule has 0 heterocycles. The van der Waals surface area contributed by atoms with E-state index in [1.54, 1.807) is 12.1 Å². The van der Waals surface area contributed by atoms with Crippen LogP contribution in [-0.4, -0.2) is 36.5 Å². The van der Waals surface area contributed by atoms with Crippen LogP contribution in [0, 0.1) is 0 Å². The maximum absolute atomic E-state index is 12.8. The van der Waals surface area contributed by atoms with E-state index in [-0.39, 0.29) is 56.8 Å². The van der Waals surface area contributed by atoms with E-state index < -0.39 is 24.4 Å². The second kappa shape index (κ2) is 18.4. The van der Waals surface area contributed by atoms with Crippen LogP contribution in [0.25, 0.3) is 0 Å². The number of anilines is 2. The van der Waals surface area contributed by atoms with Gasteiger partial charge in [-0.15, -0.1) is 0 Å². The SMILES string of the molecule is O=C(CNC(=O)c1cc(Cl)c(OCc2cc(Cl)cc(NC3CCC3)c2)c(Cl)c1)OC(=O)Cc1cc(Cl)c(OCc2cc(Cl)cc(NC3CCC3)c2)c(Cl)c1. The van der Waals surface area contributed by atoms with Gasteiger partial charge in [0.25, 0.3) is 5.91 Å². The van der Waals surface area contributed by atoms with Crippen LogP contribution in [0.3, 0.4) is 0 Å². The van der Waals surface area contributed by atoms with Crippen molar-refractivity contribution in [3.8, 4) is 11.5 Å². The van der Waals surface area contributed by atoms with Crippen molar-refractivity contribution in [2.24, 2.45) is 0 Å². The van der Waals surface area contributed by atoms with Crippen LogP contribution in [0.15, 0.2) is 60.7 Å². The maximum atomic E-state index is 12.8. The van der Waals surface area contributed by atoms with Gasteiger partial charge in [-0.25, -0.2) is 4.79 Å². The summed E-state index contributed by atoms with van der Waals surface area (Å²) in [7, 11) is 0. The van der Waals surface area contributed by atoms with Gasteiger partial charge in [0, 0.05) is 39.1 Å². The van der Waals surface area contributed by atoms with Gasteiger partial charge in [0.1, 0.15) is 19.8 Å². The molecule has 54 heavy (non-hydrogen) atoms. The zero-order valence-corrected chi connectivity index (χ0v) is 33.3. The first kappa shape index (κ1) is 40.1. The highest BCUT2D eigenvalue weighted by Gasteiger charge is 2.21. The number of hydrogen-bond acceptors (Lipinski definition) is 8. The molecule has 6 rings (SSSR count). The number of benzene rings is 4. The molecule has 0 aliphatic heterocycles. The van der Waals surface area contributed by atoms with E-state index in [9.17, 15) is 14.4 Å². The molecule has 2 saturated carbocycles. The average Bonchev–Trinajstić information content (AvgIpc) is 3.05. The van der Waals surface area contributed by atoms with Crippen molar-refractivity contribution in [3.05, 3.63) is 113 Å². The topological polar surface area (TPSA) is 115 Å². The van der Waals surface area contributed by atoms with Gasteiger partial charge >= 0.3 is 11.9 Å². The van der Waals surface area contributed by atoms with Gasteiger partial charge < -0.3 is 30.2 Å². The predicted molar refractivity (Wildman–Crippen MR) is 214 cm³/mol. The third-order valence-corrected chi connectivity index (χ3v) is 10.5. The van der Waals surface area contributed by atoms with Gasteiger partial charge in [-0.1, -0.05) is 69.6 Å². The van der Waals surface area contributed by atoms with Crippen molar-refractivity contribution in [3.63, 3.8) is 0 Å². The standard InChI is InChI=1S/C39H35Cl6N3O6/c40-25-7-22(9-29(16-25)47-27-3-1-4-27)19-52-37-31(42)11-21(12-32(37)43)13-35(49)54-36(50)18-46-39(51)24-14-33(44)38(34(45)15-24)53-20-23-8-26(41)17-30(10-23)48-28-5-2-6-28/h7-12,14-17,27-28,47-48H,1-6,13,18-20H2,(H,46,51). The molecule has 4 aromatic carbocycles. The van der Waals surface area contributed by atoms with E-state index in [2.05, 4.69) is 16.0 Å². The van der Waals surface area contributed by atoms with E-state index in [1.807, 2.05) is 24.3 Å². The predicted octanol–water partition coefficient (Wildman–Crippen LogP) is 10.7. The van der Waals surface area contributed by atoms with Crippen LogP contribution < -0.4 is 25.4 Å². The molecule has 284 valence electrons. The first-order chi connectivity index (χ1) is 25.9. The van der Waals surface area contributed by atoms with Gasteiger partial charge in [-0.05, 0) is 116 Å². The highest BCUT2D eigenvalue weighted by atomic mass is 35.5. The van der Waals surface area contributed by atoms with Crippen molar-refractivity contribution < 1.29 is 28.6 Å². The lowest BCUT2D eigenvalue weighted by atomic mass is 9.93. The number of nitrogens with one attached hydrogen (secondary N) is 3. The van der Waals surface area contributed by atoms with Gasteiger partial charge in [0.05, 0.1) is 26.5 Å². The molecule has 2 aliphatic carbocycles. The van der Waals surface area contributed by atoms with E-state index in [0.717, 1.165) is 48.2 Å². The fraction of sp³-hybridized carbons (Fsp3) is 0.308. The molecule has 0 saturated heterocycles. The first-order valence-corrected chi connectivity index (χ1v) is 19.5. The number of rotatable bonds is 15. The largest absolute Gasteiger partial charge is 0.486 e. The summed E-state index contributed by atoms with van der Waals surface area (Å²) in [5, 5.41) is 11.0. The number of carbonyl (C=O) groups is 3. The van der Waals surface area contributed by atoms with Crippen LogP contribution >= 0.6 is 69.6 Å². The number of ether oxygens (including phenoxy) is 3. The third-order valence-electron chi connectivity index (χ3n) is 8.92. The van der Waals surface area contributed by atoms with Crippen molar-refractivity contribution in [1.29, 1.82) is 0 Å². The Morgan fingerprint density at radius 1 is 0.574 bits per heavy atom. The number of amides is 1. The van der Waals surface area contributed by atoms with Crippen LogP contribution in [0.4, 0.5) is 11.4 Å². The van der Waals surface area contributed by atoms with Crippen LogP contribution in [0.1, 0.15) is 65.6 Å². The van der Waals surface area contributed by atoms with Crippen molar-refractivity contribution in [2.45, 2.75) is 70.2 Å². The Hall–Kier alpha value is -3.57. The molecule has 1 amide bonds. The molecule has 9 nitrogen and oxygen atoms in total. The zero-order valence-electron chi connectivity index (χ0n) is 28.7. The normalized spacial score (nSPS) is 14.0. The molecule has 15 heteroatoms. The van der Waals surface area contributed by atoms with Crippen LogP contribution in [-0.2, 0) is 34.0 Å². The lowest BCUT2D eigenvalue weighted by Gasteiger charge is -2.27. The molecule has 0 aromatic heterocycles. The van der Waals surface area contributed by atoms with Crippen LogP contribution in [0.2, 0.25) is 30.1 Å². The van der Waals surface area contributed by atoms with Gasteiger partial charge in [-0.2, -0.15) is 0 Å². The summed E-state index contributed by atoms with van der Waals surface area (Å²) in [6.45, 7) is -0.315. The summed E-state index contributed by atoms with van der Waals surface area (Å²) in [4.78, 5) is 37.8. The minimum Gasteiger partial charge on any atom is -0.486 e. The smallest absolute Gasteiger partial charge is 0.333 e. The first-order valence-electron chi connectivity index (χ1n) is 17.2. The highest BCUT2D eigenvalue weighted by Crippen LogP contribution is 2.37. The maximum Gasteiger partial charge on any atom is 0.333 e. The molecule has 3 N–H and O–H groups in total. The third kappa shape index (κ3) is 11.0. The van der Waals surface area contributed by atoms with Gasteiger partial charge in [-0.3, -0.25) is 9.59 Å². The molecule has 0 atom stereocenters. The Balaban J connectivity index is 0.964. The molecule has 0 unspecified atom stereocenters. The molecule has 2 aliphatic rings. The van der Waals surface area contributed by atoms with Crippen molar-refractivity contribution >= 4 is 98.8 Å². The molecule has 0 bridgehead atoms. The van der Waals surface area contributed by atoms with Crippen molar-refractivity contribution in [2.75, 3.05) is 17.2 Å². The summed E-state index contributed by atoms with van der Waals surface area (Å²) in [5.74, 6) is -2.12. The number of carbonyl (C=O) groups excluding carboxylic acids is 3. The lowest BCUT2D eigenvalue weighted by molar-refractivity contribution is -0.158. The van der Waals surface area contributed by atoms with E-state index >= 15 is 0 Å². The quantitative estimate of drug-likeness (QED) is 0.0800. The molecule has 0 spiro atoms. The van der Waals surface area contributed by atoms with Crippen molar-refractivity contribution in [1.82, 2.24) is 5.32 Å². The van der Waals surface area contributed by atoms with Gasteiger partial charge in [0.2, 0.25) is 0 Å². The fourth-order valence-corrected chi connectivity index (χ4v) is 7.58. The summed E-state index contributed by atoms with van der Waals surface area (Å²) in [6, 6.07) is 17.8. The Morgan fingerprint density at radius 3 is 1.48 bits per heavy atom. The second-order valence-corrected chi connectivity index (χ2v) is 15.7. The second-order valence-electron chi connectivity index (χ2n) is 13.2. The Kier molecular flexibility index (Phi) is 13.6. The molecular weight excluding hydrogens is 819 g/mol.